The average molecular weight is 121 g/mol. The van der Waals surface area contributed by atoms with Gasteiger partial charge < -0.3 is 22.5 Å². The highest BCUT2D eigenvalue weighted by atomic mass is 16.6. The van der Waals surface area contributed by atoms with Gasteiger partial charge in [-0.25, -0.2) is 0 Å². The van der Waals surface area contributed by atoms with Crippen LogP contribution in [0, 0.1) is 4.91 Å². The monoisotopic (exact) mass is 121 g/mol. The highest BCUT2D eigenvalue weighted by Gasteiger charge is 1.62. The summed E-state index contributed by atoms with van der Waals surface area (Å²) >= 11 is 0. The molecule has 0 bridgehead atoms. The van der Waals surface area contributed by atoms with Gasteiger partial charge in [0.05, 0.1) is 0 Å². The molecule has 0 unspecified atom stereocenters. The van der Waals surface area contributed by atoms with Gasteiger partial charge in [-0.05, 0) is 0 Å². The number of hydrazone groups is 1. The van der Waals surface area contributed by atoms with Gasteiger partial charge in [0.15, 0.2) is 5.34 Å². The fraction of sp³-hybridized carbons (Fsp3) is 0. The first kappa shape index (κ1) is 9.69. The van der Waals surface area contributed by atoms with Gasteiger partial charge in [0.2, 0.25) is 5.96 Å². The second-order valence-electron chi connectivity index (χ2n) is 0.636. The molecular formula is CH7N5O2. The Balaban J connectivity index is 0. The van der Waals surface area contributed by atoms with Crippen molar-refractivity contribution in [2.45, 2.75) is 0 Å². The normalized spacial score (nSPS) is 5.50. The maximum Gasteiger partial charge on any atom is 0.208 e. The quantitative estimate of drug-likeness (QED) is 0.0991. The summed E-state index contributed by atoms with van der Waals surface area (Å²) in [7, 11) is 0. The van der Waals surface area contributed by atoms with Gasteiger partial charge in [0.25, 0.3) is 0 Å². The zero-order chi connectivity index (χ0) is 6.99. The molecule has 0 heterocycles. The summed E-state index contributed by atoms with van der Waals surface area (Å²) < 4.78 is 0. The molecule has 0 saturated heterocycles. The standard InChI is InChI=1S/CH6N4.HNO2/c2-1(3)5-4;2-1-3/h4H2,(H4,2,3,5);(H,2,3). The van der Waals surface area contributed by atoms with E-state index in [9.17, 15) is 0 Å². The van der Waals surface area contributed by atoms with Crippen molar-refractivity contribution in [3.63, 3.8) is 0 Å². The van der Waals surface area contributed by atoms with E-state index in [0.717, 1.165) is 0 Å². The molecule has 0 atom stereocenters. The van der Waals surface area contributed by atoms with Gasteiger partial charge in [-0.2, -0.15) is 0 Å². The molecule has 0 spiro atoms. The van der Waals surface area contributed by atoms with Crippen molar-refractivity contribution in [1.82, 2.24) is 0 Å². The van der Waals surface area contributed by atoms with Crippen LogP contribution in [0.2, 0.25) is 0 Å². The molecule has 0 aromatic rings. The molecule has 48 valence electrons. The molecule has 0 aliphatic rings. The Morgan fingerprint density at radius 1 is 1.50 bits per heavy atom. The fourth-order valence-corrected chi connectivity index (χ4v) is 0. The topological polar surface area (TPSA) is 140 Å². The molecule has 0 aliphatic heterocycles. The highest BCUT2D eigenvalue weighted by molar-refractivity contribution is 5.75. The number of nitrogens with two attached hydrogens (primary N) is 3. The van der Waals surface area contributed by atoms with Crippen molar-refractivity contribution in [1.29, 1.82) is 0 Å². The van der Waals surface area contributed by atoms with E-state index in [1.807, 2.05) is 0 Å². The van der Waals surface area contributed by atoms with Gasteiger partial charge >= 0.3 is 0 Å². The van der Waals surface area contributed by atoms with Gasteiger partial charge in [-0.1, -0.05) is 0 Å². The second-order valence-corrected chi connectivity index (χ2v) is 0.636. The number of hydrogen-bond donors (Lipinski definition) is 4. The minimum Gasteiger partial charge on any atom is -0.379 e. The maximum atomic E-state index is 8.11. The van der Waals surface area contributed by atoms with Gasteiger partial charge in [-0.15, -0.1) is 10.0 Å². The highest BCUT2D eigenvalue weighted by Crippen LogP contribution is 1.31. The summed E-state index contributed by atoms with van der Waals surface area (Å²) in [6.45, 7) is 0. The van der Waals surface area contributed by atoms with Crippen LogP contribution < -0.4 is 17.3 Å². The molecule has 0 saturated carbocycles. The molecule has 0 fully saturated rings. The van der Waals surface area contributed by atoms with E-state index in [1.54, 1.807) is 0 Å². The lowest BCUT2D eigenvalue weighted by Gasteiger charge is -1.76. The lowest BCUT2D eigenvalue weighted by Crippen LogP contribution is -2.23. The summed E-state index contributed by atoms with van der Waals surface area (Å²) in [5, 5.41) is 10.8. The number of hydrogen-bond acceptors (Lipinski definition) is 4. The third kappa shape index (κ3) is 244. The molecule has 0 aliphatic carbocycles. The van der Waals surface area contributed by atoms with Crippen LogP contribution in [-0.4, -0.2) is 11.2 Å². The molecule has 0 aromatic heterocycles. The van der Waals surface area contributed by atoms with Crippen LogP contribution in [0.4, 0.5) is 0 Å². The molecule has 0 rings (SSSR count). The first-order valence-corrected chi connectivity index (χ1v) is 1.44. The lowest BCUT2D eigenvalue weighted by molar-refractivity contribution is 0.312. The van der Waals surface area contributed by atoms with E-state index in [4.69, 9.17) is 21.6 Å². The van der Waals surface area contributed by atoms with Gasteiger partial charge in [0.1, 0.15) is 0 Å². The Bertz CT molecular complexity index is 74.5. The van der Waals surface area contributed by atoms with Crippen molar-refractivity contribution in [2.24, 2.45) is 27.8 Å². The largest absolute Gasteiger partial charge is 0.379 e. The predicted molar refractivity (Wildman–Crippen MR) is 27.6 cm³/mol. The first-order chi connectivity index (χ1) is 3.68. The molecule has 7 nitrogen and oxygen atoms in total. The van der Waals surface area contributed by atoms with Crippen LogP contribution in [0.15, 0.2) is 10.4 Å². The van der Waals surface area contributed by atoms with Gasteiger partial charge in [-0.3, -0.25) is 0 Å². The van der Waals surface area contributed by atoms with Crippen molar-refractivity contribution in [2.75, 3.05) is 0 Å². The molecule has 8 heavy (non-hydrogen) atoms. The predicted octanol–water partition coefficient (Wildman–Crippen LogP) is -1.72. The summed E-state index contributed by atoms with van der Waals surface area (Å²) in [4.78, 5) is 8.11. The Morgan fingerprint density at radius 2 is 1.62 bits per heavy atom. The van der Waals surface area contributed by atoms with Crippen molar-refractivity contribution < 1.29 is 5.21 Å². The summed E-state index contributed by atoms with van der Waals surface area (Å²) in [5.74, 6) is 4.42. The third-order valence-electron chi connectivity index (χ3n) is 0.149. The van der Waals surface area contributed by atoms with Crippen LogP contribution in [0.1, 0.15) is 0 Å². The van der Waals surface area contributed by atoms with Crippen molar-refractivity contribution in [3.05, 3.63) is 4.91 Å². The van der Waals surface area contributed by atoms with E-state index >= 15 is 0 Å². The summed E-state index contributed by atoms with van der Waals surface area (Å²) in [6, 6.07) is 0. The van der Waals surface area contributed by atoms with Crippen molar-refractivity contribution >= 4 is 5.96 Å². The average Bonchev–Trinajstić information content (AvgIpc) is 1.69. The zero-order valence-corrected chi connectivity index (χ0v) is 3.98. The van der Waals surface area contributed by atoms with E-state index in [2.05, 4.69) is 10.9 Å². The number of guanidine groups is 1. The number of rotatable bonds is 0. The van der Waals surface area contributed by atoms with Gasteiger partial charge in [0, 0.05) is 0 Å². The fourth-order valence-electron chi connectivity index (χ4n) is 0. The van der Waals surface area contributed by atoms with E-state index in [0.29, 0.717) is 0 Å². The minimum atomic E-state index is -0.0926. The molecule has 0 amide bonds. The second kappa shape index (κ2) is 9.08. The molecule has 7 N–H and O–H groups in total. The minimum absolute atomic E-state index is 0.0926. The molecule has 7 heteroatoms. The Hall–Kier alpha value is -1.53. The maximum absolute atomic E-state index is 8.11. The van der Waals surface area contributed by atoms with Crippen LogP contribution in [-0.2, 0) is 0 Å². The van der Waals surface area contributed by atoms with Crippen molar-refractivity contribution in [3.8, 4) is 0 Å². The first-order valence-electron chi connectivity index (χ1n) is 1.44. The molecule has 0 aromatic carbocycles. The van der Waals surface area contributed by atoms with Crippen LogP contribution in [0.5, 0.6) is 0 Å². The van der Waals surface area contributed by atoms with E-state index < -0.39 is 0 Å². The lowest BCUT2D eigenvalue weighted by atomic mass is 11.1. The third-order valence-corrected chi connectivity index (χ3v) is 0.149. The summed E-state index contributed by atoms with van der Waals surface area (Å²) in [6.07, 6.45) is 0. The smallest absolute Gasteiger partial charge is 0.208 e. The Morgan fingerprint density at radius 3 is 1.62 bits per heavy atom. The summed E-state index contributed by atoms with van der Waals surface area (Å²) in [5.41, 5.74) is 9.39. The Kier molecular flexibility index (Phi) is 11.0. The zero-order valence-electron chi connectivity index (χ0n) is 3.98. The molecule has 0 radical (unpaired) electrons. The van der Waals surface area contributed by atoms with E-state index in [-0.39, 0.29) is 5.96 Å². The van der Waals surface area contributed by atoms with Crippen LogP contribution >= 0.6 is 0 Å². The van der Waals surface area contributed by atoms with Crippen LogP contribution in [0.3, 0.4) is 0 Å². The SMILES string of the molecule is NN=C(N)N.O=NO. The van der Waals surface area contributed by atoms with E-state index in [1.165, 1.54) is 5.34 Å². The number of nitrogens with zero attached hydrogens (tertiary/aromatic N) is 2. The van der Waals surface area contributed by atoms with Crippen LogP contribution in [0.25, 0.3) is 0 Å². The Labute approximate surface area is 45.1 Å². The molecular weight excluding hydrogens is 114 g/mol.